The van der Waals surface area contributed by atoms with Crippen LogP contribution >= 0.6 is 0 Å². The quantitative estimate of drug-likeness (QED) is 0.101. The summed E-state index contributed by atoms with van der Waals surface area (Å²) in [5.41, 5.74) is 2.94. The molecule has 0 amide bonds. The van der Waals surface area contributed by atoms with Gasteiger partial charge < -0.3 is 19.1 Å². The van der Waals surface area contributed by atoms with Crippen LogP contribution in [0.15, 0.2) is 82.5 Å². The number of aliphatic carboxylic acids is 1. The molecule has 47 heavy (non-hydrogen) atoms. The summed E-state index contributed by atoms with van der Waals surface area (Å²) in [5, 5.41) is 8.87. The number of carboxylic acid groups (broad SMARTS) is 1. The smallest absolute Gasteiger partial charge is 0.748 e. The van der Waals surface area contributed by atoms with Crippen molar-refractivity contribution in [2.75, 3.05) is 17.2 Å². The monoisotopic (exact) mass is 709 g/mol. The zero-order chi connectivity index (χ0) is 33.9. The molecule has 1 aromatic carbocycles. The number of allylic oxidation sites excluding steroid dienone is 6. The second kappa shape index (κ2) is 15.7. The molecule has 11 nitrogen and oxygen atoms in total. The van der Waals surface area contributed by atoms with Crippen LogP contribution in [0.3, 0.4) is 0 Å². The summed E-state index contributed by atoms with van der Waals surface area (Å²) in [5.74, 6) is -0.434. The molecule has 2 aliphatic rings. The molecule has 0 unspecified atom stereocenters. The first-order valence-corrected chi connectivity index (χ1v) is 18.1. The summed E-state index contributed by atoms with van der Waals surface area (Å²) < 4.78 is 71.1. The number of carbonyl (C=O) groups is 1. The molecule has 3 heterocycles. The van der Waals surface area contributed by atoms with Gasteiger partial charge in [0.25, 0.3) is 0 Å². The van der Waals surface area contributed by atoms with Crippen LogP contribution in [0.4, 0.5) is 11.5 Å². The number of unbranched alkanes of at least 4 members (excludes halogenated alkanes) is 2. The van der Waals surface area contributed by atoms with Crippen LogP contribution in [0.25, 0.3) is 0 Å². The molecule has 14 heteroatoms. The topological polar surface area (TPSA) is 171 Å². The van der Waals surface area contributed by atoms with Crippen LogP contribution in [0.2, 0.25) is 0 Å². The van der Waals surface area contributed by atoms with E-state index in [4.69, 9.17) is 10.1 Å². The number of nitrogens with zero attached hydrogens (tertiary/aromatic N) is 3. The normalized spacial score (nSPS) is 17.6. The van der Waals surface area contributed by atoms with E-state index in [2.05, 4.69) is 24.5 Å². The molecule has 2 aliphatic heterocycles. The van der Waals surface area contributed by atoms with Gasteiger partial charge in [0, 0.05) is 35.5 Å². The van der Waals surface area contributed by atoms with E-state index in [-0.39, 0.29) is 81.1 Å². The molecule has 1 N–H and O–H groups in total. The largest absolute Gasteiger partial charge is 1.00 e. The van der Waals surface area contributed by atoms with E-state index >= 15 is 0 Å². The number of fused-ring (bicyclic) bond motifs is 2. The Morgan fingerprint density at radius 2 is 1.68 bits per heavy atom. The Kier molecular flexibility index (Phi) is 13.2. The van der Waals surface area contributed by atoms with Gasteiger partial charge in [0.05, 0.1) is 38.7 Å². The summed E-state index contributed by atoms with van der Waals surface area (Å²) in [7, 11) is -9.10. The number of hydrogen-bond donors (Lipinski definition) is 1. The van der Waals surface area contributed by atoms with Crippen molar-refractivity contribution in [3.63, 3.8) is 0 Å². The summed E-state index contributed by atoms with van der Waals surface area (Å²) in [6.07, 6.45) is 13.9. The number of hydrogen-bond acceptors (Lipinski definition) is 9. The first-order chi connectivity index (χ1) is 21.4. The SMILES string of the molecule is CC1(C)C(/C=C/C=C/C=C2/N(CCCS(=O)(=O)[O-])c3ccc(S(=O)(=O)[O-])cc3C2(C)C)=Nc2c1ccc[n+]2CCCCCC(=O)O.[K+]. The van der Waals surface area contributed by atoms with E-state index in [1.165, 1.54) is 12.1 Å². The molecule has 248 valence electrons. The molecule has 4 rings (SSSR count). The molecule has 0 radical (unpaired) electrons. The number of aromatic nitrogens is 1. The zero-order valence-electron chi connectivity index (χ0n) is 27.5. The Labute approximate surface area is 320 Å². The van der Waals surface area contributed by atoms with Crippen LogP contribution in [0, 0.1) is 0 Å². The van der Waals surface area contributed by atoms with Crippen molar-refractivity contribution in [3.05, 3.63) is 83.7 Å². The number of benzene rings is 1. The molecule has 0 bridgehead atoms. The van der Waals surface area contributed by atoms with Crippen molar-refractivity contribution in [3.8, 4) is 0 Å². The van der Waals surface area contributed by atoms with E-state index in [0.717, 1.165) is 42.2 Å². The van der Waals surface area contributed by atoms with Crippen molar-refractivity contribution in [2.24, 2.45) is 4.99 Å². The van der Waals surface area contributed by atoms with Crippen molar-refractivity contribution < 1.29 is 91.8 Å². The first kappa shape index (κ1) is 39.4. The molecule has 0 aliphatic carbocycles. The van der Waals surface area contributed by atoms with Gasteiger partial charge in [-0.05, 0) is 92.6 Å². The molecule has 0 atom stereocenters. The Bertz CT molecular complexity index is 1850. The Hall–Kier alpha value is -2.01. The fraction of sp³-hybridized carbons (Fsp3) is 0.424. The number of pyridine rings is 1. The van der Waals surface area contributed by atoms with Crippen molar-refractivity contribution >= 4 is 43.4 Å². The molecule has 0 fully saturated rings. The maximum Gasteiger partial charge on any atom is 1.00 e. The van der Waals surface area contributed by atoms with Crippen LogP contribution < -0.4 is 60.9 Å². The van der Waals surface area contributed by atoms with Crippen molar-refractivity contribution in [1.29, 1.82) is 0 Å². The minimum atomic E-state index is -4.68. The Morgan fingerprint density at radius 1 is 0.957 bits per heavy atom. The van der Waals surface area contributed by atoms with Gasteiger partial charge in [0.2, 0.25) is 0 Å². The van der Waals surface area contributed by atoms with Gasteiger partial charge in [-0.2, -0.15) is 0 Å². The van der Waals surface area contributed by atoms with E-state index in [1.807, 2.05) is 61.4 Å². The third-order valence-corrected chi connectivity index (χ3v) is 10.1. The summed E-state index contributed by atoms with van der Waals surface area (Å²) in [4.78, 5) is 17.2. The molecule has 2 aromatic rings. The molecular formula is C33H40KN3O8S2. The maximum atomic E-state index is 11.7. The second-order valence-electron chi connectivity index (χ2n) is 12.6. The standard InChI is InChI=1S/C33H41N3O8S2.K/c1-32(2)25-13-11-20-35(19-10-6-9-16-30(37)38)31(25)34-28(32)14-7-5-8-15-29-33(3,4)26-23-24(46(42,43)44)17-18-27(26)36(29)21-12-22-45(39,40)41;/h5,7-8,11,13-15,17-18,20,23H,6,9-10,12,16,19,21-22H2,1-4H3,(H2-,37,38,39,40,41,42,43,44);/q;+1/p-1. The fourth-order valence-corrected chi connectivity index (χ4v) is 7.00. The summed E-state index contributed by atoms with van der Waals surface area (Å²) in [6, 6.07) is 8.21. The molecular weight excluding hydrogens is 670 g/mol. The van der Waals surface area contributed by atoms with Gasteiger partial charge in [0.15, 0.2) is 5.71 Å². The fourth-order valence-electron chi connectivity index (χ4n) is 6.02. The van der Waals surface area contributed by atoms with E-state index in [0.29, 0.717) is 17.7 Å². The van der Waals surface area contributed by atoms with Gasteiger partial charge in [-0.15, -0.1) is 0 Å². The summed E-state index contributed by atoms with van der Waals surface area (Å²) >= 11 is 0. The van der Waals surface area contributed by atoms with Gasteiger partial charge in [0.1, 0.15) is 10.1 Å². The average molecular weight is 710 g/mol. The third-order valence-electron chi connectivity index (χ3n) is 8.53. The van der Waals surface area contributed by atoms with Crippen LogP contribution in [-0.2, 0) is 42.4 Å². The van der Waals surface area contributed by atoms with Crippen LogP contribution in [0.1, 0.15) is 70.9 Å². The maximum absolute atomic E-state index is 11.7. The molecule has 1 aromatic heterocycles. The van der Waals surface area contributed by atoms with E-state index < -0.39 is 37.4 Å². The van der Waals surface area contributed by atoms with E-state index in [9.17, 15) is 30.7 Å². The predicted octanol–water partition coefficient (Wildman–Crippen LogP) is 1.62. The summed E-state index contributed by atoms with van der Waals surface area (Å²) in [6.45, 7) is 8.95. The second-order valence-corrected chi connectivity index (χ2v) is 15.5. The third kappa shape index (κ3) is 9.58. The zero-order valence-corrected chi connectivity index (χ0v) is 32.2. The van der Waals surface area contributed by atoms with Gasteiger partial charge in [-0.1, -0.05) is 32.1 Å². The van der Waals surface area contributed by atoms with Crippen LogP contribution in [0.5, 0.6) is 0 Å². The van der Waals surface area contributed by atoms with Gasteiger partial charge in [-0.25, -0.2) is 21.4 Å². The van der Waals surface area contributed by atoms with Gasteiger partial charge >= 0.3 is 63.2 Å². The number of carboxylic acids is 1. The Morgan fingerprint density at radius 3 is 2.34 bits per heavy atom. The van der Waals surface area contributed by atoms with Gasteiger partial charge in [-0.3, -0.25) is 4.79 Å². The van der Waals surface area contributed by atoms with E-state index in [1.54, 1.807) is 6.07 Å². The number of aliphatic imine (C=N–C) groups is 1. The minimum absolute atomic E-state index is 0. The van der Waals surface area contributed by atoms with Crippen LogP contribution in [-0.4, -0.2) is 55.0 Å². The number of aryl methyl sites for hydroxylation is 1. The predicted molar refractivity (Wildman–Crippen MR) is 173 cm³/mol. The Balaban J connectivity index is 0.00000600. The van der Waals surface area contributed by atoms with Crippen molar-refractivity contribution in [1.82, 2.24) is 0 Å². The molecule has 0 saturated heterocycles. The molecule has 0 spiro atoms. The van der Waals surface area contributed by atoms with Crippen molar-refractivity contribution in [2.45, 2.75) is 82.1 Å². The first-order valence-electron chi connectivity index (χ1n) is 15.1. The minimum Gasteiger partial charge on any atom is -0.748 e. The number of rotatable bonds is 14. The average Bonchev–Trinajstić information content (AvgIpc) is 3.33. The number of anilines is 1. The molecule has 0 saturated carbocycles.